The molecule has 0 heterocycles. The second-order valence-corrected chi connectivity index (χ2v) is 7.36. The number of benzene rings is 2. The number of nitrogens with two attached hydrogens (primary N) is 2. The minimum atomic E-state index is 0.104. The van der Waals surface area contributed by atoms with Crippen LogP contribution >= 0.6 is 0 Å². The van der Waals surface area contributed by atoms with Crippen molar-refractivity contribution in [1.29, 1.82) is 0 Å². The molecule has 2 rings (SSSR count). The maximum atomic E-state index is 6.29. The fourth-order valence-corrected chi connectivity index (χ4v) is 2.59. The van der Waals surface area contributed by atoms with Crippen LogP contribution in [0.1, 0.15) is 33.3 Å². The Morgan fingerprint density at radius 1 is 1.00 bits per heavy atom. The fraction of sp³-hybridized carbons (Fsp3) is 0.333. The number of methoxy groups -OCH3 is 2. The van der Waals surface area contributed by atoms with E-state index in [1.165, 1.54) is 10.6 Å². The first-order valence-electron chi connectivity index (χ1n) is 8.78. The molecule has 0 atom stereocenters. The van der Waals surface area contributed by atoms with Crippen LogP contribution in [0.3, 0.4) is 0 Å². The molecule has 0 aliphatic heterocycles. The Bertz CT molecular complexity index is 808. The zero-order chi connectivity index (χ0) is 20.2. The molecule has 6 nitrogen and oxygen atoms in total. The monoisotopic (exact) mass is 370 g/mol. The van der Waals surface area contributed by atoms with Crippen LogP contribution in [0.25, 0.3) is 0 Å². The first kappa shape index (κ1) is 20.5. The maximum Gasteiger partial charge on any atom is 0.144 e. The number of allylic oxidation sites excluding steroid dienone is 1. The Morgan fingerprint density at radius 3 is 2.15 bits per heavy atom. The number of nitrogens with zero attached hydrogens (tertiary/aromatic N) is 1. The van der Waals surface area contributed by atoms with E-state index in [1.807, 2.05) is 25.1 Å². The molecule has 0 aliphatic carbocycles. The topological polar surface area (TPSA) is 85.8 Å². The highest BCUT2D eigenvalue weighted by molar-refractivity contribution is 5.64. The quantitative estimate of drug-likeness (QED) is 0.527. The number of hydrazine groups is 1. The van der Waals surface area contributed by atoms with Crippen molar-refractivity contribution in [3.8, 4) is 11.5 Å². The summed E-state index contributed by atoms with van der Waals surface area (Å²) in [7, 11) is 3.20. The van der Waals surface area contributed by atoms with E-state index in [9.17, 15) is 0 Å². The normalized spacial score (nSPS) is 12.3. The lowest BCUT2D eigenvalue weighted by Gasteiger charge is -2.24. The molecule has 0 bridgehead atoms. The van der Waals surface area contributed by atoms with Crippen LogP contribution in [0.2, 0.25) is 0 Å². The minimum Gasteiger partial charge on any atom is -0.497 e. The van der Waals surface area contributed by atoms with Crippen molar-refractivity contribution >= 4 is 11.4 Å². The summed E-state index contributed by atoms with van der Waals surface area (Å²) in [4.78, 5) is 0. The lowest BCUT2D eigenvalue weighted by atomic mass is 9.87. The largest absolute Gasteiger partial charge is 0.497 e. The number of ether oxygens (including phenoxy) is 2. The van der Waals surface area contributed by atoms with Crippen LogP contribution in [-0.2, 0) is 5.41 Å². The molecule has 0 spiro atoms. The number of rotatable bonds is 6. The SMILES string of the molecule is COc1ccc(OC)c(N(N)/C(C)=C(\N)Nc2ccc(C(C)(C)C)cc2)c1. The average molecular weight is 370 g/mol. The van der Waals surface area contributed by atoms with E-state index >= 15 is 0 Å². The second kappa shape index (κ2) is 8.22. The van der Waals surface area contributed by atoms with E-state index in [0.717, 1.165) is 5.69 Å². The van der Waals surface area contributed by atoms with Crippen LogP contribution in [0.4, 0.5) is 11.4 Å². The van der Waals surface area contributed by atoms with Gasteiger partial charge in [-0.25, -0.2) is 5.84 Å². The van der Waals surface area contributed by atoms with Gasteiger partial charge < -0.3 is 20.5 Å². The molecule has 2 aromatic carbocycles. The van der Waals surface area contributed by atoms with Gasteiger partial charge in [0.05, 0.1) is 19.9 Å². The Morgan fingerprint density at radius 2 is 1.63 bits per heavy atom. The molecule has 146 valence electrons. The van der Waals surface area contributed by atoms with Gasteiger partial charge in [0.15, 0.2) is 0 Å². The zero-order valence-corrected chi connectivity index (χ0v) is 17.0. The lowest BCUT2D eigenvalue weighted by molar-refractivity contribution is 0.403. The van der Waals surface area contributed by atoms with E-state index in [-0.39, 0.29) is 5.41 Å². The van der Waals surface area contributed by atoms with Gasteiger partial charge in [-0.2, -0.15) is 0 Å². The van der Waals surface area contributed by atoms with Gasteiger partial charge in [0.2, 0.25) is 0 Å². The minimum absolute atomic E-state index is 0.104. The first-order valence-corrected chi connectivity index (χ1v) is 8.78. The van der Waals surface area contributed by atoms with Crippen molar-refractivity contribution < 1.29 is 9.47 Å². The highest BCUT2D eigenvalue weighted by atomic mass is 16.5. The van der Waals surface area contributed by atoms with Crippen molar-refractivity contribution in [2.45, 2.75) is 33.1 Å². The Hall–Kier alpha value is -2.86. The third kappa shape index (κ3) is 4.86. The molecule has 0 aliphatic rings. The van der Waals surface area contributed by atoms with Gasteiger partial charge in [0.25, 0.3) is 0 Å². The average Bonchev–Trinajstić information content (AvgIpc) is 2.65. The van der Waals surface area contributed by atoms with Crippen molar-refractivity contribution in [2.75, 3.05) is 24.5 Å². The van der Waals surface area contributed by atoms with E-state index in [0.29, 0.717) is 28.7 Å². The lowest BCUT2D eigenvalue weighted by Crippen LogP contribution is -2.33. The number of anilines is 2. The van der Waals surface area contributed by atoms with Crippen LogP contribution in [0, 0.1) is 0 Å². The third-order valence-corrected chi connectivity index (χ3v) is 4.43. The highest BCUT2D eigenvalue weighted by Crippen LogP contribution is 2.33. The summed E-state index contributed by atoms with van der Waals surface area (Å²) in [5.41, 5.74) is 9.81. The maximum absolute atomic E-state index is 6.29. The zero-order valence-electron chi connectivity index (χ0n) is 17.0. The molecule has 27 heavy (non-hydrogen) atoms. The van der Waals surface area contributed by atoms with E-state index in [4.69, 9.17) is 21.1 Å². The standard InChI is InChI=1S/C21H30N4O2/c1-14(25(23)18-13-17(26-5)11-12-19(18)27-6)20(22)24-16-9-7-15(8-10-16)21(2,3)4/h7-13,24H,22-23H2,1-6H3/b20-14+. The van der Waals surface area contributed by atoms with Gasteiger partial charge in [0.1, 0.15) is 23.0 Å². The Labute approximate surface area is 161 Å². The van der Waals surface area contributed by atoms with Crippen LogP contribution in [0.5, 0.6) is 11.5 Å². The summed E-state index contributed by atoms with van der Waals surface area (Å²) in [6, 6.07) is 13.6. The smallest absolute Gasteiger partial charge is 0.144 e. The predicted molar refractivity (Wildman–Crippen MR) is 112 cm³/mol. The van der Waals surface area contributed by atoms with Crippen molar-refractivity contribution in [3.05, 3.63) is 59.5 Å². The van der Waals surface area contributed by atoms with Crippen molar-refractivity contribution in [3.63, 3.8) is 0 Å². The first-order chi connectivity index (χ1) is 12.7. The van der Waals surface area contributed by atoms with Gasteiger partial charge in [-0.3, -0.25) is 5.01 Å². The molecule has 0 fully saturated rings. The third-order valence-electron chi connectivity index (χ3n) is 4.43. The number of hydrogen-bond donors (Lipinski definition) is 3. The molecule has 5 N–H and O–H groups in total. The molecule has 0 radical (unpaired) electrons. The van der Waals surface area contributed by atoms with Gasteiger partial charge >= 0.3 is 0 Å². The van der Waals surface area contributed by atoms with Crippen molar-refractivity contribution in [1.82, 2.24) is 0 Å². The van der Waals surface area contributed by atoms with Crippen LogP contribution < -0.4 is 31.4 Å². The highest BCUT2D eigenvalue weighted by Gasteiger charge is 2.15. The van der Waals surface area contributed by atoms with Gasteiger partial charge in [0, 0.05) is 11.8 Å². The molecular weight excluding hydrogens is 340 g/mol. The summed E-state index contributed by atoms with van der Waals surface area (Å²) in [6.45, 7) is 8.38. The predicted octanol–water partition coefficient (Wildman–Crippen LogP) is 3.94. The molecule has 6 heteroatoms. The Kier molecular flexibility index (Phi) is 6.23. The van der Waals surface area contributed by atoms with Crippen LogP contribution in [0.15, 0.2) is 54.0 Å². The molecule has 0 aromatic heterocycles. The molecule has 2 aromatic rings. The molecule has 0 unspecified atom stereocenters. The fourth-order valence-electron chi connectivity index (χ4n) is 2.59. The number of hydrogen-bond acceptors (Lipinski definition) is 6. The van der Waals surface area contributed by atoms with Gasteiger partial charge in [-0.1, -0.05) is 32.9 Å². The summed E-state index contributed by atoms with van der Waals surface area (Å²) in [6.07, 6.45) is 0. The number of nitrogens with one attached hydrogen (secondary N) is 1. The molecule has 0 saturated heterocycles. The van der Waals surface area contributed by atoms with Crippen LogP contribution in [-0.4, -0.2) is 14.2 Å². The summed E-state index contributed by atoms with van der Waals surface area (Å²) in [5.74, 6) is 8.05. The summed E-state index contributed by atoms with van der Waals surface area (Å²) in [5, 5.41) is 4.68. The van der Waals surface area contributed by atoms with E-state index < -0.39 is 0 Å². The second-order valence-electron chi connectivity index (χ2n) is 7.36. The van der Waals surface area contributed by atoms with Gasteiger partial charge in [-0.15, -0.1) is 0 Å². The van der Waals surface area contributed by atoms with Crippen molar-refractivity contribution in [2.24, 2.45) is 11.6 Å². The summed E-state index contributed by atoms with van der Waals surface area (Å²) < 4.78 is 10.7. The molecular formula is C21H30N4O2. The molecule has 0 saturated carbocycles. The van der Waals surface area contributed by atoms with Gasteiger partial charge in [-0.05, 0) is 42.2 Å². The Balaban J connectivity index is 2.26. The summed E-state index contributed by atoms with van der Waals surface area (Å²) >= 11 is 0. The van der Waals surface area contributed by atoms with E-state index in [1.54, 1.807) is 26.4 Å². The van der Waals surface area contributed by atoms with E-state index in [2.05, 4.69) is 38.2 Å². The molecule has 0 amide bonds.